The van der Waals surface area contributed by atoms with Crippen molar-refractivity contribution in [1.29, 1.82) is 0 Å². The molecule has 0 aliphatic carbocycles. The van der Waals surface area contributed by atoms with E-state index in [1.165, 1.54) is 11.3 Å². The molecule has 0 aliphatic heterocycles. The Morgan fingerprint density at radius 2 is 1.81 bits per heavy atom. The lowest BCUT2D eigenvalue weighted by Crippen LogP contribution is -2.15. The van der Waals surface area contributed by atoms with Gasteiger partial charge in [-0.15, -0.1) is 11.3 Å². The van der Waals surface area contributed by atoms with Gasteiger partial charge < -0.3 is 9.72 Å². The Morgan fingerprint density at radius 3 is 2.62 bits per heavy atom. The number of nitrogens with zero attached hydrogens (tertiary/aromatic N) is 1. The van der Waals surface area contributed by atoms with Gasteiger partial charge >= 0.3 is 5.97 Å². The zero-order chi connectivity index (χ0) is 17.9. The summed E-state index contributed by atoms with van der Waals surface area (Å²) in [6.45, 7) is -0.312. The fraction of sp³-hybridized carbons (Fsp3) is 0.0500. The van der Waals surface area contributed by atoms with Crippen LogP contribution in [0.1, 0.15) is 20.8 Å². The number of ether oxygens (including phenoxy) is 1. The van der Waals surface area contributed by atoms with E-state index in [-0.39, 0.29) is 12.4 Å². The van der Waals surface area contributed by atoms with Crippen LogP contribution in [0.5, 0.6) is 0 Å². The van der Waals surface area contributed by atoms with Crippen molar-refractivity contribution >= 4 is 33.3 Å². The normalized spacial score (nSPS) is 10.8. The largest absolute Gasteiger partial charge is 0.454 e. The number of hydrogen-bond donors (Lipinski definition) is 1. The summed E-state index contributed by atoms with van der Waals surface area (Å²) in [5, 5.41) is 0.745. The Bertz CT molecular complexity index is 1050. The van der Waals surface area contributed by atoms with Crippen LogP contribution in [0.15, 0.2) is 66.9 Å². The molecule has 2 aromatic carbocycles. The number of aromatic amines is 1. The molecule has 0 aliphatic rings. The number of carbonyl (C=O) groups excluding carboxylic acids is 2. The molecule has 4 rings (SSSR count). The summed E-state index contributed by atoms with van der Waals surface area (Å²) in [6, 6.07) is 18.3. The highest BCUT2D eigenvalue weighted by Crippen LogP contribution is 2.32. The van der Waals surface area contributed by atoms with Crippen molar-refractivity contribution in [2.75, 3.05) is 6.61 Å². The molecule has 0 radical (unpaired) electrons. The molecule has 0 fully saturated rings. The van der Waals surface area contributed by atoms with E-state index in [0.29, 0.717) is 16.8 Å². The fourth-order valence-electron chi connectivity index (χ4n) is 2.63. The zero-order valence-electron chi connectivity index (χ0n) is 13.6. The Hall–Kier alpha value is -3.25. The van der Waals surface area contributed by atoms with E-state index in [9.17, 15) is 9.59 Å². The average Bonchev–Trinajstić information content (AvgIpc) is 3.35. The Kier molecular flexibility index (Phi) is 4.33. The van der Waals surface area contributed by atoms with Gasteiger partial charge in [-0.3, -0.25) is 4.79 Å². The van der Waals surface area contributed by atoms with E-state index < -0.39 is 5.97 Å². The average molecular weight is 362 g/mol. The maximum atomic E-state index is 12.5. The number of fused-ring (bicyclic) bond motifs is 1. The first-order chi connectivity index (χ1) is 12.7. The van der Waals surface area contributed by atoms with Crippen LogP contribution in [0.25, 0.3) is 20.8 Å². The van der Waals surface area contributed by atoms with Gasteiger partial charge in [0, 0.05) is 11.8 Å². The first-order valence-corrected chi connectivity index (χ1v) is 8.83. The number of Topliss-reactive ketones (excluding diaryl/α,β-unsaturated/α-hetero) is 1. The highest BCUT2D eigenvalue weighted by atomic mass is 32.1. The van der Waals surface area contributed by atoms with E-state index in [4.69, 9.17) is 4.74 Å². The lowest BCUT2D eigenvalue weighted by Gasteiger charge is -2.07. The Morgan fingerprint density at radius 1 is 1.00 bits per heavy atom. The number of esters is 1. The first kappa shape index (κ1) is 16.2. The summed E-state index contributed by atoms with van der Waals surface area (Å²) in [6.07, 6.45) is 1.65. The van der Waals surface area contributed by atoms with Gasteiger partial charge in [0.05, 0.1) is 21.5 Å². The predicted molar refractivity (Wildman–Crippen MR) is 100 cm³/mol. The lowest BCUT2D eigenvalue weighted by molar-refractivity contribution is 0.0474. The molecule has 0 atom stereocenters. The smallest absolute Gasteiger partial charge is 0.339 e. The molecule has 6 heteroatoms. The van der Waals surface area contributed by atoms with Gasteiger partial charge in [-0.1, -0.05) is 30.3 Å². The molecule has 26 heavy (non-hydrogen) atoms. The third-order valence-corrected chi connectivity index (χ3v) is 4.97. The fourth-order valence-corrected chi connectivity index (χ4v) is 3.63. The second kappa shape index (κ2) is 6.93. The van der Waals surface area contributed by atoms with E-state index in [1.54, 1.807) is 30.5 Å². The van der Waals surface area contributed by atoms with Crippen LogP contribution < -0.4 is 0 Å². The molecule has 0 saturated heterocycles. The minimum atomic E-state index is -0.542. The summed E-state index contributed by atoms with van der Waals surface area (Å²) >= 11 is 1.51. The first-order valence-electron chi connectivity index (χ1n) is 8.01. The number of carbonyl (C=O) groups is 2. The lowest BCUT2D eigenvalue weighted by atomic mass is 10.1. The van der Waals surface area contributed by atoms with E-state index >= 15 is 0 Å². The van der Waals surface area contributed by atoms with E-state index in [0.717, 1.165) is 15.2 Å². The summed E-state index contributed by atoms with van der Waals surface area (Å²) in [7, 11) is 0. The number of ketones is 1. The van der Waals surface area contributed by atoms with Gasteiger partial charge in [0.25, 0.3) is 0 Å². The van der Waals surface area contributed by atoms with Crippen molar-refractivity contribution in [2.45, 2.75) is 0 Å². The van der Waals surface area contributed by atoms with Crippen LogP contribution in [0.2, 0.25) is 0 Å². The molecule has 1 N–H and O–H groups in total. The maximum absolute atomic E-state index is 12.5. The van der Waals surface area contributed by atoms with Crippen LogP contribution in [-0.2, 0) is 4.74 Å². The molecule has 0 spiro atoms. The van der Waals surface area contributed by atoms with Crippen molar-refractivity contribution in [3.8, 4) is 10.6 Å². The predicted octanol–water partition coefficient (Wildman–Crippen LogP) is 4.33. The van der Waals surface area contributed by atoms with Crippen molar-refractivity contribution in [1.82, 2.24) is 9.97 Å². The number of nitrogens with one attached hydrogen (secondary N) is 1. The molecule has 0 amide bonds. The van der Waals surface area contributed by atoms with Crippen LogP contribution in [0.4, 0.5) is 0 Å². The quantitative estimate of drug-likeness (QED) is 0.424. The highest BCUT2D eigenvalue weighted by Gasteiger charge is 2.18. The highest BCUT2D eigenvalue weighted by molar-refractivity contribution is 7.21. The second-order valence-electron chi connectivity index (χ2n) is 5.62. The molecule has 2 heterocycles. The number of aromatic nitrogens is 2. The Balaban J connectivity index is 1.59. The zero-order valence-corrected chi connectivity index (χ0v) is 14.5. The molecule has 0 saturated carbocycles. The molecule has 2 aromatic heterocycles. The third kappa shape index (κ3) is 3.14. The Labute approximate surface area is 153 Å². The van der Waals surface area contributed by atoms with Gasteiger partial charge in [0.15, 0.2) is 6.61 Å². The number of hydrogen-bond acceptors (Lipinski definition) is 5. The van der Waals surface area contributed by atoms with Gasteiger partial charge in [-0.05, 0) is 30.3 Å². The van der Waals surface area contributed by atoms with Crippen molar-refractivity contribution in [3.05, 3.63) is 78.1 Å². The maximum Gasteiger partial charge on any atom is 0.339 e. The van der Waals surface area contributed by atoms with Gasteiger partial charge in [0.1, 0.15) is 5.01 Å². The number of thiazole rings is 1. The molecular formula is C20H14N2O3S. The molecule has 0 bridgehead atoms. The van der Waals surface area contributed by atoms with Gasteiger partial charge in [0.2, 0.25) is 5.78 Å². The minimum absolute atomic E-state index is 0.277. The van der Waals surface area contributed by atoms with Gasteiger partial charge in [-0.25, -0.2) is 9.78 Å². The number of rotatable bonds is 5. The van der Waals surface area contributed by atoms with Crippen LogP contribution in [0.3, 0.4) is 0 Å². The molecule has 128 valence electrons. The van der Waals surface area contributed by atoms with Crippen molar-refractivity contribution in [2.24, 2.45) is 0 Å². The molecule has 5 nitrogen and oxygen atoms in total. The van der Waals surface area contributed by atoms with Gasteiger partial charge in [-0.2, -0.15) is 0 Å². The standard InChI is InChI=1S/C20H14N2O3S/c23-17(15-9-5-11-21-15)12-25-20(24)14-7-2-1-6-13(14)19-22-16-8-3-4-10-18(16)26-19/h1-11,21H,12H2. The topological polar surface area (TPSA) is 72.1 Å². The van der Waals surface area contributed by atoms with E-state index in [2.05, 4.69) is 9.97 Å². The van der Waals surface area contributed by atoms with Crippen LogP contribution in [0, 0.1) is 0 Å². The van der Waals surface area contributed by atoms with E-state index in [1.807, 2.05) is 36.4 Å². The minimum Gasteiger partial charge on any atom is -0.454 e. The summed E-state index contributed by atoms with van der Waals surface area (Å²) in [4.78, 5) is 31.9. The summed E-state index contributed by atoms with van der Waals surface area (Å²) in [5.41, 5.74) is 2.40. The number of benzene rings is 2. The summed E-state index contributed by atoms with van der Waals surface area (Å²) in [5.74, 6) is -0.819. The summed E-state index contributed by atoms with van der Waals surface area (Å²) < 4.78 is 6.27. The molecule has 4 aromatic rings. The number of H-pyrrole nitrogens is 1. The van der Waals surface area contributed by atoms with Crippen LogP contribution >= 0.6 is 11.3 Å². The molecule has 0 unspecified atom stereocenters. The molecular weight excluding hydrogens is 348 g/mol. The number of para-hydroxylation sites is 1. The second-order valence-corrected chi connectivity index (χ2v) is 6.65. The third-order valence-electron chi connectivity index (χ3n) is 3.90. The monoisotopic (exact) mass is 362 g/mol. The van der Waals surface area contributed by atoms with Crippen molar-refractivity contribution < 1.29 is 14.3 Å². The SMILES string of the molecule is O=C(COC(=O)c1ccccc1-c1nc2ccccc2s1)c1ccc[nH]1. The van der Waals surface area contributed by atoms with Crippen molar-refractivity contribution in [3.63, 3.8) is 0 Å². The van der Waals surface area contributed by atoms with Crippen LogP contribution in [-0.4, -0.2) is 28.3 Å².